The summed E-state index contributed by atoms with van der Waals surface area (Å²) in [5.41, 5.74) is 1.88. The molecule has 0 bridgehead atoms. The predicted molar refractivity (Wildman–Crippen MR) is 173 cm³/mol. The fraction of sp³-hybridized carbons (Fsp3) is 0.375. The van der Waals surface area contributed by atoms with E-state index in [1.165, 1.54) is 16.3 Å². The van der Waals surface area contributed by atoms with Crippen LogP contribution in [0.25, 0.3) is 0 Å². The Bertz CT molecular complexity index is 1450. The summed E-state index contributed by atoms with van der Waals surface area (Å²) in [4.78, 5) is 29.2. The van der Waals surface area contributed by atoms with E-state index in [0.29, 0.717) is 27.0 Å². The Balaban J connectivity index is 1.92. The largest absolute Gasteiger partial charge is 0.497 e. The van der Waals surface area contributed by atoms with E-state index in [9.17, 15) is 18.0 Å². The number of sulfonamides is 1. The third-order valence-corrected chi connectivity index (χ3v) is 9.08. The van der Waals surface area contributed by atoms with E-state index in [4.69, 9.17) is 27.9 Å². The summed E-state index contributed by atoms with van der Waals surface area (Å²) >= 11 is 13.0. The average Bonchev–Trinajstić information content (AvgIpc) is 2.98. The van der Waals surface area contributed by atoms with E-state index in [1.807, 2.05) is 44.2 Å². The van der Waals surface area contributed by atoms with Gasteiger partial charge in [-0.15, -0.1) is 0 Å². The summed E-state index contributed by atoms with van der Waals surface area (Å²) in [7, 11) is -2.10. The lowest BCUT2D eigenvalue weighted by atomic mass is 10.0. The van der Waals surface area contributed by atoms with Gasteiger partial charge in [0, 0.05) is 47.6 Å². The summed E-state index contributed by atoms with van der Waals surface area (Å²) in [6.45, 7) is 3.96. The molecule has 0 aliphatic carbocycles. The number of carbonyl (C=O) groups excluding carboxylic acids is 2. The molecule has 0 fully saturated rings. The van der Waals surface area contributed by atoms with Gasteiger partial charge in [-0.2, -0.15) is 0 Å². The number of amides is 2. The highest BCUT2D eigenvalue weighted by molar-refractivity contribution is 7.92. The smallest absolute Gasteiger partial charge is 0.243 e. The van der Waals surface area contributed by atoms with Crippen LogP contribution in [0.2, 0.25) is 10.0 Å². The first-order chi connectivity index (χ1) is 20.4. The van der Waals surface area contributed by atoms with Crippen LogP contribution in [0.1, 0.15) is 44.2 Å². The van der Waals surface area contributed by atoms with Crippen molar-refractivity contribution in [2.75, 3.05) is 24.2 Å². The SMILES string of the molecule is CC[C@@H](C)NC(=O)[C@@H](Cc1ccccc1)N(Cc1c(Cl)cccc1Cl)C(=O)CCCN(c1ccc(OC)cc1)S(C)(=O)=O. The number of hydrogen-bond acceptors (Lipinski definition) is 5. The van der Waals surface area contributed by atoms with Gasteiger partial charge in [-0.25, -0.2) is 8.42 Å². The van der Waals surface area contributed by atoms with Crippen LogP contribution in [0, 0.1) is 0 Å². The van der Waals surface area contributed by atoms with Crippen molar-refractivity contribution in [1.29, 1.82) is 0 Å². The van der Waals surface area contributed by atoms with Crippen molar-refractivity contribution in [2.24, 2.45) is 0 Å². The summed E-state index contributed by atoms with van der Waals surface area (Å²) in [5, 5.41) is 3.80. The topological polar surface area (TPSA) is 96.0 Å². The molecular weight excluding hydrogens is 609 g/mol. The monoisotopic (exact) mass is 647 g/mol. The highest BCUT2D eigenvalue weighted by Crippen LogP contribution is 2.28. The summed E-state index contributed by atoms with van der Waals surface area (Å²) < 4.78 is 31.8. The highest BCUT2D eigenvalue weighted by Gasteiger charge is 2.32. The minimum absolute atomic E-state index is 0.00779. The Morgan fingerprint density at radius 3 is 2.14 bits per heavy atom. The molecule has 0 aromatic heterocycles. The van der Waals surface area contributed by atoms with Gasteiger partial charge in [-0.3, -0.25) is 13.9 Å². The van der Waals surface area contributed by atoms with E-state index >= 15 is 0 Å². The summed E-state index contributed by atoms with van der Waals surface area (Å²) in [6, 6.07) is 20.3. The normalized spacial score (nSPS) is 12.7. The molecule has 2 amide bonds. The molecule has 0 aliphatic heterocycles. The highest BCUT2D eigenvalue weighted by atomic mass is 35.5. The Hall–Kier alpha value is -3.27. The van der Waals surface area contributed by atoms with Gasteiger partial charge in [0.2, 0.25) is 21.8 Å². The Morgan fingerprint density at radius 2 is 1.58 bits per heavy atom. The van der Waals surface area contributed by atoms with Crippen molar-refractivity contribution in [2.45, 2.75) is 58.2 Å². The van der Waals surface area contributed by atoms with Crippen LogP contribution in [0.15, 0.2) is 72.8 Å². The van der Waals surface area contributed by atoms with Crippen molar-refractivity contribution >= 4 is 50.7 Å². The molecule has 43 heavy (non-hydrogen) atoms. The molecule has 232 valence electrons. The number of nitrogens with zero attached hydrogens (tertiary/aromatic N) is 2. The molecule has 3 aromatic carbocycles. The van der Waals surface area contributed by atoms with Crippen LogP contribution in [-0.4, -0.2) is 57.1 Å². The molecule has 0 unspecified atom stereocenters. The number of hydrogen-bond donors (Lipinski definition) is 1. The number of benzene rings is 3. The van der Waals surface area contributed by atoms with Crippen LogP contribution in [0.3, 0.4) is 0 Å². The lowest BCUT2D eigenvalue weighted by Crippen LogP contribution is -2.52. The van der Waals surface area contributed by atoms with Gasteiger partial charge >= 0.3 is 0 Å². The number of rotatable bonds is 15. The first-order valence-electron chi connectivity index (χ1n) is 14.1. The zero-order valence-corrected chi connectivity index (χ0v) is 27.3. The van der Waals surface area contributed by atoms with Crippen molar-refractivity contribution in [1.82, 2.24) is 10.2 Å². The molecule has 3 aromatic rings. The van der Waals surface area contributed by atoms with Gasteiger partial charge in [0.25, 0.3) is 0 Å². The van der Waals surface area contributed by atoms with E-state index in [1.54, 1.807) is 42.5 Å². The lowest BCUT2D eigenvalue weighted by molar-refractivity contribution is -0.141. The summed E-state index contributed by atoms with van der Waals surface area (Å²) in [5.74, 6) is -0.00787. The second-order valence-corrected chi connectivity index (χ2v) is 13.1. The Morgan fingerprint density at radius 1 is 0.953 bits per heavy atom. The van der Waals surface area contributed by atoms with Gasteiger partial charge in [0.1, 0.15) is 11.8 Å². The standard InChI is InChI=1S/C32H39Cl2N3O5S/c1-5-23(2)35-32(39)30(21-24-11-7-6-8-12-24)36(22-27-28(33)13-9-14-29(27)34)31(38)15-10-20-37(43(4,40)41)25-16-18-26(42-3)19-17-25/h6-9,11-14,16-19,23,30H,5,10,15,20-22H2,1-4H3,(H,35,39)/t23-,30-/m1/s1. The maximum absolute atomic E-state index is 14.0. The molecular formula is C32H39Cl2N3O5S. The maximum atomic E-state index is 14.0. The fourth-order valence-corrected chi connectivity index (χ4v) is 6.08. The lowest BCUT2D eigenvalue weighted by Gasteiger charge is -2.33. The molecule has 0 radical (unpaired) electrons. The maximum Gasteiger partial charge on any atom is 0.243 e. The number of halogens is 2. The van der Waals surface area contributed by atoms with Crippen LogP contribution < -0.4 is 14.4 Å². The minimum Gasteiger partial charge on any atom is -0.497 e. The van der Waals surface area contributed by atoms with E-state index < -0.39 is 16.1 Å². The van der Waals surface area contributed by atoms with Gasteiger partial charge in [0.05, 0.1) is 19.1 Å². The van der Waals surface area contributed by atoms with Crippen LogP contribution in [-0.2, 0) is 32.6 Å². The molecule has 3 rings (SSSR count). The van der Waals surface area contributed by atoms with Gasteiger partial charge < -0.3 is 15.0 Å². The van der Waals surface area contributed by atoms with Gasteiger partial charge in [0.15, 0.2) is 0 Å². The van der Waals surface area contributed by atoms with Crippen molar-refractivity contribution in [3.63, 3.8) is 0 Å². The van der Waals surface area contributed by atoms with Crippen LogP contribution in [0.5, 0.6) is 5.75 Å². The molecule has 8 nitrogen and oxygen atoms in total. The zero-order chi connectivity index (χ0) is 31.6. The molecule has 0 saturated heterocycles. The van der Waals surface area contributed by atoms with Gasteiger partial charge in [-0.05, 0) is 61.7 Å². The number of ether oxygens (including phenoxy) is 1. The molecule has 0 heterocycles. The van der Waals surface area contributed by atoms with Crippen LogP contribution >= 0.6 is 23.2 Å². The van der Waals surface area contributed by atoms with E-state index in [0.717, 1.165) is 18.2 Å². The Kier molecular flexibility index (Phi) is 12.7. The average molecular weight is 649 g/mol. The molecule has 1 N–H and O–H groups in total. The van der Waals surface area contributed by atoms with Crippen molar-refractivity contribution < 1.29 is 22.7 Å². The first kappa shape index (κ1) is 34.2. The Labute approximate surface area is 265 Å². The van der Waals surface area contributed by atoms with E-state index in [2.05, 4.69) is 5.32 Å². The third-order valence-electron chi connectivity index (χ3n) is 7.17. The molecule has 11 heteroatoms. The second kappa shape index (κ2) is 16.0. The second-order valence-electron chi connectivity index (χ2n) is 10.4. The van der Waals surface area contributed by atoms with Crippen molar-refractivity contribution in [3.05, 3.63) is 94.0 Å². The number of carbonyl (C=O) groups is 2. The van der Waals surface area contributed by atoms with E-state index in [-0.39, 0.29) is 50.2 Å². The predicted octanol–water partition coefficient (Wildman–Crippen LogP) is 6.10. The molecule has 2 atom stereocenters. The number of nitrogens with one attached hydrogen (secondary N) is 1. The van der Waals surface area contributed by atoms with Crippen molar-refractivity contribution in [3.8, 4) is 5.75 Å². The molecule has 0 aliphatic rings. The molecule has 0 spiro atoms. The summed E-state index contributed by atoms with van der Waals surface area (Å²) in [6.07, 6.45) is 2.33. The minimum atomic E-state index is -3.63. The number of anilines is 1. The van der Waals surface area contributed by atoms with Crippen LogP contribution in [0.4, 0.5) is 5.69 Å². The fourth-order valence-electron chi connectivity index (χ4n) is 4.60. The number of methoxy groups -OCH3 is 1. The molecule has 0 saturated carbocycles. The third kappa shape index (κ3) is 9.88. The first-order valence-corrected chi connectivity index (χ1v) is 16.7. The van der Waals surface area contributed by atoms with Gasteiger partial charge in [-0.1, -0.05) is 66.5 Å². The quantitative estimate of drug-likeness (QED) is 0.215. The zero-order valence-electron chi connectivity index (χ0n) is 24.9.